The molecule has 2 aromatic carbocycles. The Labute approximate surface area is 179 Å². The van der Waals surface area contributed by atoms with Gasteiger partial charge in [-0.2, -0.15) is 0 Å². The standard InChI is InChI=1S/C21H28N4O.HI/c1-22-21(25(4)16-18-9-6-5-7-10-18)23-14-13-17-11-8-12-19(15-17)20(26)24(2)3;/h5-12,15H,13-14,16H2,1-4H3,(H,22,23);1H. The van der Waals surface area contributed by atoms with Crippen LogP contribution in [0.2, 0.25) is 0 Å². The summed E-state index contributed by atoms with van der Waals surface area (Å²) in [6.07, 6.45) is 0.826. The third kappa shape index (κ3) is 7.21. The number of amides is 1. The fourth-order valence-corrected chi connectivity index (χ4v) is 2.75. The Kier molecular flexibility index (Phi) is 9.85. The molecule has 0 unspecified atom stereocenters. The van der Waals surface area contributed by atoms with E-state index in [1.807, 2.05) is 49.5 Å². The molecule has 0 radical (unpaired) electrons. The Bertz CT molecular complexity index is 747. The second kappa shape index (κ2) is 11.6. The number of hydrogen-bond acceptors (Lipinski definition) is 2. The van der Waals surface area contributed by atoms with Crippen LogP contribution in [0.25, 0.3) is 0 Å². The third-order valence-corrected chi connectivity index (χ3v) is 4.11. The molecule has 0 spiro atoms. The predicted octanol–water partition coefficient (Wildman–Crippen LogP) is 3.26. The van der Waals surface area contributed by atoms with Crippen molar-refractivity contribution in [3.63, 3.8) is 0 Å². The van der Waals surface area contributed by atoms with E-state index in [0.29, 0.717) is 0 Å². The minimum absolute atomic E-state index is 0. The zero-order chi connectivity index (χ0) is 18.9. The number of rotatable bonds is 6. The van der Waals surface area contributed by atoms with Gasteiger partial charge in [0.15, 0.2) is 5.96 Å². The summed E-state index contributed by atoms with van der Waals surface area (Å²) in [5, 5.41) is 3.39. The summed E-state index contributed by atoms with van der Waals surface area (Å²) in [4.78, 5) is 20.1. The van der Waals surface area contributed by atoms with Crippen molar-refractivity contribution in [2.75, 3.05) is 34.7 Å². The molecule has 0 fully saturated rings. The summed E-state index contributed by atoms with van der Waals surface area (Å²) >= 11 is 0. The smallest absolute Gasteiger partial charge is 0.253 e. The van der Waals surface area contributed by atoms with Crippen molar-refractivity contribution < 1.29 is 4.79 Å². The first-order valence-corrected chi connectivity index (χ1v) is 8.77. The highest BCUT2D eigenvalue weighted by molar-refractivity contribution is 14.0. The van der Waals surface area contributed by atoms with Crippen LogP contribution < -0.4 is 5.32 Å². The van der Waals surface area contributed by atoms with E-state index >= 15 is 0 Å². The fourth-order valence-electron chi connectivity index (χ4n) is 2.75. The predicted molar refractivity (Wildman–Crippen MR) is 123 cm³/mol. The minimum Gasteiger partial charge on any atom is -0.356 e. The molecule has 0 saturated carbocycles. The molecule has 0 aliphatic rings. The zero-order valence-corrected chi connectivity index (χ0v) is 18.8. The molecule has 0 atom stereocenters. The lowest BCUT2D eigenvalue weighted by molar-refractivity contribution is 0.0827. The van der Waals surface area contributed by atoms with Crippen LogP contribution in [-0.4, -0.2) is 56.4 Å². The molecule has 6 heteroatoms. The number of benzene rings is 2. The number of halogens is 1. The maximum atomic E-state index is 12.1. The van der Waals surface area contributed by atoms with Gasteiger partial charge < -0.3 is 15.1 Å². The van der Waals surface area contributed by atoms with Crippen molar-refractivity contribution in [3.8, 4) is 0 Å². The Morgan fingerprint density at radius 1 is 1.00 bits per heavy atom. The summed E-state index contributed by atoms with van der Waals surface area (Å²) < 4.78 is 0. The highest BCUT2D eigenvalue weighted by atomic mass is 127. The zero-order valence-electron chi connectivity index (χ0n) is 16.5. The van der Waals surface area contributed by atoms with Crippen molar-refractivity contribution >= 4 is 35.8 Å². The van der Waals surface area contributed by atoms with Gasteiger partial charge in [0, 0.05) is 46.8 Å². The Morgan fingerprint density at radius 2 is 1.67 bits per heavy atom. The quantitative estimate of drug-likeness (QED) is 0.393. The number of nitrogens with zero attached hydrogens (tertiary/aromatic N) is 3. The van der Waals surface area contributed by atoms with Crippen LogP contribution in [0.4, 0.5) is 0 Å². The lowest BCUT2D eigenvalue weighted by Gasteiger charge is -2.22. The van der Waals surface area contributed by atoms with Gasteiger partial charge in [-0.3, -0.25) is 9.79 Å². The SMILES string of the molecule is CN=C(NCCc1cccc(C(=O)N(C)C)c1)N(C)Cc1ccccc1.I. The fraction of sp³-hybridized carbons (Fsp3) is 0.333. The maximum Gasteiger partial charge on any atom is 0.253 e. The van der Waals surface area contributed by atoms with Gasteiger partial charge in [0.2, 0.25) is 0 Å². The molecular weight excluding hydrogens is 451 g/mol. The number of hydrogen-bond donors (Lipinski definition) is 1. The highest BCUT2D eigenvalue weighted by Gasteiger charge is 2.09. The van der Waals surface area contributed by atoms with Crippen LogP contribution in [0.3, 0.4) is 0 Å². The number of nitrogens with one attached hydrogen (secondary N) is 1. The van der Waals surface area contributed by atoms with E-state index in [4.69, 9.17) is 0 Å². The first-order valence-electron chi connectivity index (χ1n) is 8.77. The second-order valence-electron chi connectivity index (χ2n) is 6.47. The highest BCUT2D eigenvalue weighted by Crippen LogP contribution is 2.08. The molecular formula is C21H29IN4O. The van der Waals surface area contributed by atoms with Gasteiger partial charge in [-0.1, -0.05) is 42.5 Å². The van der Waals surface area contributed by atoms with E-state index in [1.165, 1.54) is 5.56 Å². The van der Waals surface area contributed by atoms with E-state index in [2.05, 4.69) is 27.3 Å². The Balaban J connectivity index is 0.00000364. The van der Waals surface area contributed by atoms with E-state index in [0.717, 1.165) is 36.6 Å². The van der Waals surface area contributed by atoms with Gasteiger partial charge in [0.25, 0.3) is 5.91 Å². The monoisotopic (exact) mass is 480 g/mol. The minimum atomic E-state index is 0. The van der Waals surface area contributed by atoms with E-state index in [1.54, 1.807) is 26.0 Å². The summed E-state index contributed by atoms with van der Waals surface area (Å²) in [5.74, 6) is 0.882. The van der Waals surface area contributed by atoms with Gasteiger partial charge in [-0.25, -0.2) is 0 Å². The van der Waals surface area contributed by atoms with E-state index in [9.17, 15) is 4.79 Å². The second-order valence-corrected chi connectivity index (χ2v) is 6.47. The first kappa shape index (κ1) is 23.0. The average Bonchev–Trinajstić information content (AvgIpc) is 2.65. The van der Waals surface area contributed by atoms with Gasteiger partial charge in [-0.15, -0.1) is 24.0 Å². The molecule has 0 aliphatic heterocycles. The van der Waals surface area contributed by atoms with Crippen LogP contribution in [-0.2, 0) is 13.0 Å². The maximum absolute atomic E-state index is 12.1. The molecule has 146 valence electrons. The van der Waals surface area contributed by atoms with Gasteiger partial charge in [-0.05, 0) is 29.7 Å². The van der Waals surface area contributed by atoms with Gasteiger partial charge >= 0.3 is 0 Å². The van der Waals surface area contributed by atoms with Crippen molar-refractivity contribution in [1.29, 1.82) is 0 Å². The lowest BCUT2D eigenvalue weighted by Crippen LogP contribution is -2.39. The van der Waals surface area contributed by atoms with Crippen LogP contribution in [0.5, 0.6) is 0 Å². The average molecular weight is 480 g/mol. The molecule has 0 heterocycles. The summed E-state index contributed by atoms with van der Waals surface area (Å²) in [5.41, 5.74) is 3.09. The molecule has 0 aliphatic carbocycles. The molecule has 1 N–H and O–H groups in total. The van der Waals surface area contributed by atoms with E-state index < -0.39 is 0 Å². The Hall–Kier alpha value is -2.09. The normalized spacial score (nSPS) is 10.7. The number of aliphatic imine (C=N–C) groups is 1. The number of carbonyl (C=O) groups excluding carboxylic acids is 1. The van der Waals surface area contributed by atoms with Gasteiger partial charge in [0.1, 0.15) is 0 Å². The molecule has 1 amide bonds. The molecule has 5 nitrogen and oxygen atoms in total. The molecule has 0 bridgehead atoms. The van der Waals surface area contributed by atoms with Crippen LogP contribution in [0.1, 0.15) is 21.5 Å². The van der Waals surface area contributed by atoms with Gasteiger partial charge in [0.05, 0.1) is 0 Å². The lowest BCUT2D eigenvalue weighted by atomic mass is 10.1. The van der Waals surface area contributed by atoms with Crippen LogP contribution >= 0.6 is 24.0 Å². The van der Waals surface area contributed by atoms with Crippen molar-refractivity contribution in [2.24, 2.45) is 4.99 Å². The summed E-state index contributed by atoms with van der Waals surface area (Å²) in [7, 11) is 7.35. The first-order chi connectivity index (χ1) is 12.5. The topological polar surface area (TPSA) is 47.9 Å². The number of carbonyl (C=O) groups is 1. The van der Waals surface area contributed by atoms with Crippen LogP contribution in [0.15, 0.2) is 59.6 Å². The molecule has 0 aromatic heterocycles. The third-order valence-electron chi connectivity index (χ3n) is 4.11. The molecule has 0 saturated heterocycles. The Morgan fingerprint density at radius 3 is 2.30 bits per heavy atom. The number of guanidine groups is 1. The molecule has 2 rings (SSSR count). The largest absolute Gasteiger partial charge is 0.356 e. The summed E-state index contributed by atoms with van der Waals surface area (Å²) in [6.45, 7) is 1.55. The molecule has 27 heavy (non-hydrogen) atoms. The van der Waals surface area contributed by atoms with E-state index in [-0.39, 0.29) is 29.9 Å². The van der Waals surface area contributed by atoms with Crippen LogP contribution in [0, 0.1) is 0 Å². The van der Waals surface area contributed by atoms with Crippen molar-refractivity contribution in [3.05, 3.63) is 71.3 Å². The van der Waals surface area contributed by atoms with Crippen molar-refractivity contribution in [2.45, 2.75) is 13.0 Å². The summed E-state index contributed by atoms with van der Waals surface area (Å²) in [6, 6.07) is 18.1. The molecule has 2 aromatic rings. The van der Waals surface area contributed by atoms with Crippen molar-refractivity contribution in [1.82, 2.24) is 15.1 Å².